The van der Waals surface area contributed by atoms with E-state index in [2.05, 4.69) is 36.2 Å². The molecule has 2 rings (SSSR count). The van der Waals surface area contributed by atoms with Crippen LogP contribution in [-0.2, 0) is 4.74 Å². The van der Waals surface area contributed by atoms with Crippen LogP contribution in [0.2, 0.25) is 0 Å². The van der Waals surface area contributed by atoms with Crippen molar-refractivity contribution in [1.82, 2.24) is 10.6 Å². The molecule has 0 spiro atoms. The van der Waals surface area contributed by atoms with Crippen LogP contribution in [0, 0.1) is 5.92 Å². The zero-order valence-corrected chi connectivity index (χ0v) is 13.7. The van der Waals surface area contributed by atoms with Gasteiger partial charge in [-0.15, -0.1) is 0 Å². The molecule has 2 aliphatic rings. The van der Waals surface area contributed by atoms with Crippen molar-refractivity contribution in [2.75, 3.05) is 38.6 Å². The largest absolute Gasteiger partial charge is 0.381 e. The lowest BCUT2D eigenvalue weighted by molar-refractivity contribution is 0.0675. The van der Waals surface area contributed by atoms with Crippen molar-refractivity contribution in [3.63, 3.8) is 0 Å². The van der Waals surface area contributed by atoms with Crippen molar-refractivity contribution in [3.8, 4) is 0 Å². The van der Waals surface area contributed by atoms with Gasteiger partial charge in [-0.05, 0) is 51.2 Å². The molecule has 2 fully saturated rings. The molecule has 0 aromatic rings. The molecule has 0 saturated carbocycles. The van der Waals surface area contributed by atoms with Gasteiger partial charge in [0, 0.05) is 31.1 Å². The summed E-state index contributed by atoms with van der Waals surface area (Å²) in [6.07, 6.45) is 4.96. The van der Waals surface area contributed by atoms with E-state index >= 15 is 0 Å². The van der Waals surface area contributed by atoms with E-state index in [9.17, 15) is 0 Å². The standard InChI is InChI=1S/C15H29N3OS/c1-3-16-14(17-11-13-5-8-19-9-6-13)18-12-15(2)7-4-10-20-15/h13H,3-12H2,1-2H3,(H2,16,17,18). The number of nitrogens with one attached hydrogen (secondary N) is 2. The van der Waals surface area contributed by atoms with Gasteiger partial charge in [-0.3, -0.25) is 4.99 Å². The van der Waals surface area contributed by atoms with Crippen LogP contribution in [0.15, 0.2) is 4.99 Å². The molecule has 2 N–H and O–H groups in total. The van der Waals surface area contributed by atoms with Gasteiger partial charge < -0.3 is 15.4 Å². The Bertz CT molecular complexity index is 310. The number of hydrogen-bond acceptors (Lipinski definition) is 3. The summed E-state index contributed by atoms with van der Waals surface area (Å²) in [7, 11) is 0. The first-order valence-electron chi connectivity index (χ1n) is 7.96. The first-order chi connectivity index (χ1) is 9.72. The third-order valence-corrected chi connectivity index (χ3v) is 5.64. The molecule has 2 heterocycles. The lowest BCUT2D eigenvalue weighted by Crippen LogP contribution is -2.41. The van der Waals surface area contributed by atoms with Gasteiger partial charge in [-0.2, -0.15) is 11.8 Å². The Morgan fingerprint density at radius 2 is 2.15 bits per heavy atom. The molecule has 116 valence electrons. The van der Waals surface area contributed by atoms with E-state index in [1.54, 1.807) is 0 Å². The second kappa shape index (κ2) is 8.13. The van der Waals surface area contributed by atoms with Gasteiger partial charge >= 0.3 is 0 Å². The van der Waals surface area contributed by atoms with E-state index in [0.29, 0.717) is 4.75 Å². The summed E-state index contributed by atoms with van der Waals surface area (Å²) in [5, 5.41) is 6.87. The van der Waals surface area contributed by atoms with Crippen molar-refractivity contribution in [3.05, 3.63) is 0 Å². The van der Waals surface area contributed by atoms with Crippen LogP contribution in [-0.4, -0.2) is 49.3 Å². The molecule has 2 saturated heterocycles. The zero-order valence-electron chi connectivity index (χ0n) is 12.9. The van der Waals surface area contributed by atoms with Gasteiger partial charge in [0.25, 0.3) is 0 Å². The molecule has 0 radical (unpaired) electrons. The summed E-state index contributed by atoms with van der Waals surface area (Å²) in [5.74, 6) is 3.00. The number of thioether (sulfide) groups is 1. The van der Waals surface area contributed by atoms with Crippen molar-refractivity contribution in [2.45, 2.75) is 44.3 Å². The highest BCUT2D eigenvalue weighted by molar-refractivity contribution is 8.00. The summed E-state index contributed by atoms with van der Waals surface area (Å²) < 4.78 is 5.75. The number of aliphatic imine (C=N–C) groups is 1. The Balaban J connectivity index is 1.78. The molecule has 0 aromatic heterocycles. The first-order valence-corrected chi connectivity index (χ1v) is 8.94. The third kappa shape index (κ3) is 5.17. The topological polar surface area (TPSA) is 45.7 Å². The molecule has 0 amide bonds. The van der Waals surface area contributed by atoms with Gasteiger partial charge in [0.05, 0.1) is 6.54 Å². The van der Waals surface area contributed by atoms with Crippen molar-refractivity contribution in [1.29, 1.82) is 0 Å². The van der Waals surface area contributed by atoms with Crippen LogP contribution in [0.25, 0.3) is 0 Å². The van der Waals surface area contributed by atoms with E-state index < -0.39 is 0 Å². The smallest absolute Gasteiger partial charge is 0.191 e. The molecular formula is C15H29N3OS. The molecule has 1 unspecified atom stereocenters. The Labute approximate surface area is 127 Å². The minimum Gasteiger partial charge on any atom is -0.381 e. The van der Waals surface area contributed by atoms with Crippen LogP contribution >= 0.6 is 11.8 Å². The average molecular weight is 299 g/mol. The molecule has 2 aliphatic heterocycles. The lowest BCUT2D eigenvalue weighted by atomic mass is 10.0. The number of guanidine groups is 1. The zero-order chi connectivity index (χ0) is 14.3. The quantitative estimate of drug-likeness (QED) is 0.604. The number of nitrogens with zero attached hydrogens (tertiary/aromatic N) is 1. The summed E-state index contributed by atoms with van der Waals surface area (Å²) in [6.45, 7) is 9.14. The molecular weight excluding hydrogens is 270 g/mol. The van der Waals surface area contributed by atoms with E-state index in [-0.39, 0.29) is 0 Å². The molecule has 20 heavy (non-hydrogen) atoms. The number of ether oxygens (including phenoxy) is 1. The molecule has 5 heteroatoms. The fraction of sp³-hybridized carbons (Fsp3) is 0.933. The molecule has 0 aromatic carbocycles. The fourth-order valence-electron chi connectivity index (χ4n) is 2.74. The second-order valence-corrected chi connectivity index (χ2v) is 7.72. The first kappa shape index (κ1) is 16.0. The Morgan fingerprint density at radius 3 is 2.80 bits per heavy atom. The van der Waals surface area contributed by atoms with E-state index in [4.69, 9.17) is 9.73 Å². The number of hydrogen-bond donors (Lipinski definition) is 2. The van der Waals surface area contributed by atoms with E-state index in [0.717, 1.165) is 44.7 Å². The minimum atomic E-state index is 0.348. The van der Waals surface area contributed by atoms with Crippen LogP contribution < -0.4 is 10.6 Å². The third-order valence-electron chi connectivity index (χ3n) is 4.12. The summed E-state index contributed by atoms with van der Waals surface area (Å²) in [5.41, 5.74) is 0. The Morgan fingerprint density at radius 1 is 1.35 bits per heavy atom. The summed E-state index contributed by atoms with van der Waals surface area (Å²) in [4.78, 5) is 4.79. The lowest BCUT2D eigenvalue weighted by Gasteiger charge is -2.24. The average Bonchev–Trinajstić information content (AvgIpc) is 2.90. The molecule has 0 bridgehead atoms. The molecule has 0 aliphatic carbocycles. The number of rotatable bonds is 5. The maximum absolute atomic E-state index is 5.41. The molecule has 4 nitrogen and oxygen atoms in total. The normalized spacial score (nSPS) is 28.6. The minimum absolute atomic E-state index is 0.348. The molecule has 1 atom stereocenters. The van der Waals surface area contributed by atoms with Crippen LogP contribution in [0.5, 0.6) is 0 Å². The summed E-state index contributed by atoms with van der Waals surface area (Å²) in [6, 6.07) is 0. The monoisotopic (exact) mass is 299 g/mol. The Hall–Kier alpha value is -0.420. The Kier molecular flexibility index (Phi) is 6.49. The van der Waals surface area contributed by atoms with Crippen LogP contribution in [0.3, 0.4) is 0 Å². The predicted octanol–water partition coefficient (Wildman–Crippen LogP) is 2.25. The predicted molar refractivity (Wildman–Crippen MR) is 87.6 cm³/mol. The van der Waals surface area contributed by atoms with Gasteiger partial charge in [0.15, 0.2) is 5.96 Å². The maximum Gasteiger partial charge on any atom is 0.191 e. The van der Waals surface area contributed by atoms with E-state index in [1.165, 1.54) is 31.4 Å². The van der Waals surface area contributed by atoms with Crippen LogP contribution in [0.4, 0.5) is 0 Å². The highest BCUT2D eigenvalue weighted by Crippen LogP contribution is 2.37. The van der Waals surface area contributed by atoms with Crippen molar-refractivity contribution < 1.29 is 4.74 Å². The van der Waals surface area contributed by atoms with Gasteiger partial charge in [0.1, 0.15) is 0 Å². The SMILES string of the molecule is CCNC(=NCC1(C)CCCS1)NCC1CCOCC1. The highest BCUT2D eigenvalue weighted by Gasteiger charge is 2.29. The summed E-state index contributed by atoms with van der Waals surface area (Å²) >= 11 is 2.07. The fourth-order valence-corrected chi connectivity index (χ4v) is 3.97. The highest BCUT2D eigenvalue weighted by atomic mass is 32.2. The van der Waals surface area contributed by atoms with Crippen molar-refractivity contribution in [2.24, 2.45) is 10.9 Å². The second-order valence-electron chi connectivity index (χ2n) is 6.03. The van der Waals surface area contributed by atoms with Gasteiger partial charge in [0.2, 0.25) is 0 Å². The maximum atomic E-state index is 5.41. The van der Waals surface area contributed by atoms with Gasteiger partial charge in [-0.25, -0.2) is 0 Å². The van der Waals surface area contributed by atoms with Crippen molar-refractivity contribution >= 4 is 17.7 Å². The van der Waals surface area contributed by atoms with Gasteiger partial charge in [-0.1, -0.05) is 0 Å². The van der Waals surface area contributed by atoms with E-state index in [1.807, 2.05) is 0 Å². The van der Waals surface area contributed by atoms with Crippen LogP contribution in [0.1, 0.15) is 39.5 Å².